The second-order valence-corrected chi connectivity index (χ2v) is 8.27. The summed E-state index contributed by atoms with van der Waals surface area (Å²) >= 11 is 0. The number of benzene rings is 2. The Kier molecular flexibility index (Phi) is 14.5. The first-order chi connectivity index (χ1) is 17.1. The molecule has 2 aromatic carbocycles. The highest BCUT2D eigenvalue weighted by Crippen LogP contribution is 2.15. The van der Waals surface area contributed by atoms with Gasteiger partial charge in [-0.3, -0.25) is 4.79 Å². The molecule has 194 valence electrons. The van der Waals surface area contributed by atoms with E-state index in [1.807, 2.05) is 57.3 Å². The van der Waals surface area contributed by atoms with Crippen molar-refractivity contribution in [3.05, 3.63) is 59.7 Å². The zero-order valence-electron chi connectivity index (χ0n) is 21.4. The van der Waals surface area contributed by atoms with Crippen LogP contribution in [0.5, 0.6) is 11.5 Å². The van der Waals surface area contributed by atoms with Crippen LogP contribution in [0.15, 0.2) is 48.5 Å². The third-order valence-corrected chi connectivity index (χ3v) is 5.24. The largest absolute Gasteiger partial charge is 0.491 e. The number of carbonyl (C=O) groups excluding carboxylic acids is 1. The van der Waals surface area contributed by atoms with Crippen molar-refractivity contribution in [2.75, 3.05) is 53.2 Å². The summed E-state index contributed by atoms with van der Waals surface area (Å²) in [6.45, 7) is 8.14. The van der Waals surface area contributed by atoms with Gasteiger partial charge in [-0.05, 0) is 82.1 Å². The number of esters is 1. The molecule has 0 aromatic heterocycles. The van der Waals surface area contributed by atoms with Gasteiger partial charge in [0.05, 0.1) is 25.7 Å². The van der Waals surface area contributed by atoms with Gasteiger partial charge in [-0.15, -0.1) is 0 Å². The maximum atomic E-state index is 12.3. The normalized spacial score (nSPS) is 11.7. The highest BCUT2D eigenvalue weighted by Gasteiger charge is 2.11. The van der Waals surface area contributed by atoms with Crippen LogP contribution in [0.4, 0.5) is 0 Å². The number of hydrogen-bond donors (Lipinski definition) is 1. The Balaban J connectivity index is 1.54. The maximum Gasteiger partial charge on any atom is 0.310 e. The standard InChI is InChI=1S/C28H41NO6/c1-4-31-16-18-33-27-12-6-10-25(21-27)22-28(30)35-23(2)8-7-15-32-17-19-34-26-11-5-9-24(20-26)13-14-29-3/h5-6,9-12,20-21,23,29H,4,7-8,13-19,22H2,1-3H3. The second-order valence-electron chi connectivity index (χ2n) is 8.27. The SMILES string of the molecule is CCOCCOc1cccc(CC(=O)OC(C)CCCOCCOc2cccc(CCNC)c2)c1. The van der Waals surface area contributed by atoms with Crippen molar-refractivity contribution in [2.45, 2.75) is 45.6 Å². The van der Waals surface area contributed by atoms with Crippen LogP contribution in [0.3, 0.4) is 0 Å². The average Bonchev–Trinajstić information content (AvgIpc) is 2.85. The summed E-state index contributed by atoms with van der Waals surface area (Å²) in [6, 6.07) is 15.7. The molecule has 0 spiro atoms. The van der Waals surface area contributed by atoms with Crippen LogP contribution >= 0.6 is 0 Å². The van der Waals surface area contributed by atoms with Gasteiger partial charge >= 0.3 is 5.97 Å². The molecule has 2 aromatic rings. The van der Waals surface area contributed by atoms with Crippen molar-refractivity contribution in [3.8, 4) is 11.5 Å². The van der Waals surface area contributed by atoms with Gasteiger partial charge < -0.3 is 29.0 Å². The summed E-state index contributed by atoms with van der Waals surface area (Å²) in [5.41, 5.74) is 2.12. The first-order valence-electron chi connectivity index (χ1n) is 12.5. The number of carbonyl (C=O) groups is 1. The van der Waals surface area contributed by atoms with Crippen molar-refractivity contribution in [2.24, 2.45) is 0 Å². The summed E-state index contributed by atoms with van der Waals surface area (Å²) in [5.74, 6) is 1.35. The fourth-order valence-corrected chi connectivity index (χ4v) is 3.45. The Morgan fingerprint density at radius 3 is 2.23 bits per heavy atom. The van der Waals surface area contributed by atoms with Gasteiger partial charge in [0, 0.05) is 13.2 Å². The van der Waals surface area contributed by atoms with Gasteiger partial charge in [0.25, 0.3) is 0 Å². The molecule has 7 nitrogen and oxygen atoms in total. The maximum absolute atomic E-state index is 12.3. The fourth-order valence-electron chi connectivity index (χ4n) is 3.45. The first kappa shape index (κ1) is 28.6. The summed E-state index contributed by atoms with van der Waals surface area (Å²) in [4.78, 5) is 12.3. The molecule has 7 heteroatoms. The molecule has 1 unspecified atom stereocenters. The van der Waals surface area contributed by atoms with E-state index >= 15 is 0 Å². The lowest BCUT2D eigenvalue weighted by atomic mass is 10.1. The quantitative estimate of drug-likeness (QED) is 0.235. The van der Waals surface area contributed by atoms with Crippen molar-refractivity contribution in [1.82, 2.24) is 5.32 Å². The molecule has 0 heterocycles. The molecular formula is C28H41NO6. The topological polar surface area (TPSA) is 75.3 Å². The average molecular weight is 488 g/mol. The molecule has 1 atom stereocenters. The Hall–Kier alpha value is -2.61. The lowest BCUT2D eigenvalue weighted by Gasteiger charge is -2.14. The highest BCUT2D eigenvalue weighted by atomic mass is 16.5. The predicted octanol–water partition coefficient (Wildman–Crippen LogP) is 4.21. The number of nitrogens with one attached hydrogen (secondary N) is 1. The van der Waals surface area contributed by atoms with E-state index in [2.05, 4.69) is 17.4 Å². The summed E-state index contributed by atoms with van der Waals surface area (Å²) in [7, 11) is 1.95. The first-order valence-corrected chi connectivity index (χ1v) is 12.5. The minimum absolute atomic E-state index is 0.159. The molecule has 0 aliphatic carbocycles. The lowest BCUT2D eigenvalue weighted by molar-refractivity contribution is -0.147. The molecule has 0 saturated carbocycles. The van der Waals surface area contributed by atoms with E-state index in [1.165, 1.54) is 5.56 Å². The van der Waals surface area contributed by atoms with E-state index in [9.17, 15) is 4.79 Å². The molecule has 35 heavy (non-hydrogen) atoms. The van der Waals surface area contributed by atoms with Gasteiger partial charge in [-0.25, -0.2) is 0 Å². The molecule has 0 radical (unpaired) electrons. The molecule has 0 fully saturated rings. The van der Waals surface area contributed by atoms with Crippen LogP contribution in [-0.2, 0) is 31.8 Å². The smallest absolute Gasteiger partial charge is 0.310 e. The molecular weight excluding hydrogens is 446 g/mol. The van der Waals surface area contributed by atoms with Gasteiger partial charge in [0.2, 0.25) is 0 Å². The van der Waals surface area contributed by atoms with E-state index < -0.39 is 0 Å². The van der Waals surface area contributed by atoms with E-state index in [0.29, 0.717) is 39.6 Å². The van der Waals surface area contributed by atoms with E-state index in [0.717, 1.165) is 42.9 Å². The Morgan fingerprint density at radius 2 is 1.54 bits per heavy atom. The van der Waals surface area contributed by atoms with E-state index in [1.54, 1.807) is 0 Å². The minimum Gasteiger partial charge on any atom is -0.491 e. The van der Waals surface area contributed by atoms with Gasteiger partial charge in [-0.2, -0.15) is 0 Å². The second kappa shape index (κ2) is 17.8. The van der Waals surface area contributed by atoms with Crippen molar-refractivity contribution >= 4 is 5.97 Å². The molecule has 0 saturated heterocycles. The van der Waals surface area contributed by atoms with Crippen LogP contribution in [0.1, 0.15) is 37.8 Å². The summed E-state index contributed by atoms with van der Waals surface area (Å²) in [5, 5.41) is 3.15. The Morgan fingerprint density at radius 1 is 0.886 bits per heavy atom. The monoisotopic (exact) mass is 487 g/mol. The molecule has 2 rings (SSSR count). The molecule has 1 N–H and O–H groups in total. The zero-order valence-corrected chi connectivity index (χ0v) is 21.4. The Bertz CT molecular complexity index is 844. The Labute approximate surface area is 210 Å². The minimum atomic E-state index is -0.241. The molecule has 0 amide bonds. The molecule has 0 aliphatic rings. The van der Waals surface area contributed by atoms with Crippen molar-refractivity contribution in [1.29, 1.82) is 0 Å². The molecule has 0 aliphatic heterocycles. The van der Waals surface area contributed by atoms with Gasteiger partial charge in [0.1, 0.15) is 24.7 Å². The number of hydrogen-bond acceptors (Lipinski definition) is 7. The lowest BCUT2D eigenvalue weighted by Crippen LogP contribution is -2.17. The number of ether oxygens (including phenoxy) is 5. The van der Waals surface area contributed by atoms with Gasteiger partial charge in [0.15, 0.2) is 0 Å². The zero-order chi connectivity index (χ0) is 25.1. The van der Waals surface area contributed by atoms with Crippen molar-refractivity contribution < 1.29 is 28.5 Å². The van der Waals surface area contributed by atoms with E-state index in [4.69, 9.17) is 23.7 Å². The van der Waals surface area contributed by atoms with Crippen molar-refractivity contribution in [3.63, 3.8) is 0 Å². The highest BCUT2D eigenvalue weighted by molar-refractivity contribution is 5.72. The van der Waals surface area contributed by atoms with Gasteiger partial charge in [-0.1, -0.05) is 24.3 Å². The summed E-state index contributed by atoms with van der Waals surface area (Å²) < 4.78 is 27.9. The third-order valence-electron chi connectivity index (χ3n) is 5.24. The predicted molar refractivity (Wildman–Crippen MR) is 137 cm³/mol. The van der Waals surface area contributed by atoms with E-state index in [-0.39, 0.29) is 18.5 Å². The number of likely N-dealkylation sites (N-methyl/N-ethyl adjacent to an activating group) is 1. The fraction of sp³-hybridized carbons (Fsp3) is 0.536. The van der Waals surface area contributed by atoms with Crippen LogP contribution < -0.4 is 14.8 Å². The third kappa shape index (κ3) is 13.2. The summed E-state index contributed by atoms with van der Waals surface area (Å²) in [6.07, 6.45) is 2.60. The van der Waals surface area contributed by atoms with Crippen LogP contribution in [-0.4, -0.2) is 65.3 Å². The molecule has 0 bridgehead atoms. The van der Waals surface area contributed by atoms with Crippen LogP contribution in [0.25, 0.3) is 0 Å². The van der Waals surface area contributed by atoms with Crippen LogP contribution in [0, 0.1) is 0 Å². The van der Waals surface area contributed by atoms with Crippen LogP contribution in [0.2, 0.25) is 0 Å². The number of rotatable bonds is 19.